The van der Waals surface area contributed by atoms with Gasteiger partial charge in [0.2, 0.25) is 11.7 Å². The van der Waals surface area contributed by atoms with Crippen molar-refractivity contribution in [3.05, 3.63) is 182 Å². The summed E-state index contributed by atoms with van der Waals surface area (Å²) in [7, 11) is 0. The van der Waals surface area contributed by atoms with Crippen molar-refractivity contribution in [3.63, 3.8) is 0 Å². The van der Waals surface area contributed by atoms with E-state index in [-0.39, 0.29) is 0 Å². The van der Waals surface area contributed by atoms with Gasteiger partial charge in [0, 0.05) is 38.2 Å². The van der Waals surface area contributed by atoms with Gasteiger partial charge in [0.25, 0.3) is 0 Å². The molecule has 0 bridgehead atoms. The van der Waals surface area contributed by atoms with Gasteiger partial charge in [-0.05, 0) is 68.7 Å². The molecule has 0 spiro atoms. The number of hydrogen-bond acceptors (Lipinski definition) is 3. The van der Waals surface area contributed by atoms with Crippen molar-refractivity contribution < 1.29 is 4.42 Å². The minimum Gasteiger partial charge on any atom is -0.437 e. The molecule has 0 atom stereocenters. The van der Waals surface area contributed by atoms with Gasteiger partial charge < -0.3 is 8.98 Å². The molecule has 0 aliphatic rings. The second kappa shape index (κ2) is 11.4. The summed E-state index contributed by atoms with van der Waals surface area (Å²) in [6.07, 6.45) is 0. The molecule has 9 aromatic carbocycles. The molecule has 13 rings (SSSR count). The Labute approximate surface area is 325 Å². The Morgan fingerprint density at radius 1 is 0.386 bits per heavy atom. The highest BCUT2D eigenvalue weighted by molar-refractivity contribution is 6.39. The molecular formula is C52H30N4O. The number of furan rings is 1. The van der Waals surface area contributed by atoms with Crippen LogP contribution in [0.3, 0.4) is 0 Å². The average molecular weight is 727 g/mol. The van der Waals surface area contributed by atoms with Crippen molar-refractivity contribution in [1.29, 1.82) is 0 Å². The van der Waals surface area contributed by atoms with Crippen LogP contribution in [-0.4, -0.2) is 19.1 Å². The Balaban J connectivity index is 1.28. The van der Waals surface area contributed by atoms with Gasteiger partial charge in [0.1, 0.15) is 5.58 Å². The van der Waals surface area contributed by atoms with Crippen molar-refractivity contribution in [2.75, 3.05) is 0 Å². The Morgan fingerprint density at radius 3 is 1.86 bits per heavy atom. The van der Waals surface area contributed by atoms with E-state index < -0.39 is 0 Å². The lowest BCUT2D eigenvalue weighted by molar-refractivity contribution is 0.651. The molecule has 0 radical (unpaired) electrons. The van der Waals surface area contributed by atoms with E-state index in [0.717, 1.165) is 66.1 Å². The highest BCUT2D eigenvalue weighted by atomic mass is 16.3. The molecule has 0 aliphatic carbocycles. The van der Waals surface area contributed by atoms with Gasteiger partial charge in [-0.25, -0.2) is 4.98 Å². The maximum atomic E-state index is 6.64. The molecule has 0 saturated carbocycles. The van der Waals surface area contributed by atoms with Crippen LogP contribution in [0.25, 0.3) is 121 Å². The summed E-state index contributed by atoms with van der Waals surface area (Å²) >= 11 is 0. The Morgan fingerprint density at radius 2 is 1.02 bits per heavy atom. The zero-order valence-corrected chi connectivity index (χ0v) is 30.5. The smallest absolute Gasteiger partial charge is 0.238 e. The summed E-state index contributed by atoms with van der Waals surface area (Å²) in [5.41, 5.74) is 8.61. The molecule has 0 amide bonds. The molecule has 4 heterocycles. The number of para-hydroxylation sites is 3. The molecule has 0 aliphatic heterocycles. The summed E-state index contributed by atoms with van der Waals surface area (Å²) < 4.78 is 11.4. The molecular weight excluding hydrogens is 697 g/mol. The third kappa shape index (κ3) is 4.17. The quantitative estimate of drug-likeness (QED) is 0.182. The van der Waals surface area contributed by atoms with E-state index in [4.69, 9.17) is 14.4 Å². The Hall–Kier alpha value is -7.76. The molecule has 57 heavy (non-hydrogen) atoms. The third-order valence-electron chi connectivity index (χ3n) is 11.9. The first-order valence-electron chi connectivity index (χ1n) is 19.3. The lowest BCUT2D eigenvalue weighted by Gasteiger charge is -2.14. The van der Waals surface area contributed by atoms with E-state index in [1.54, 1.807) is 0 Å². The summed E-state index contributed by atoms with van der Waals surface area (Å²) in [6.45, 7) is 0. The van der Waals surface area contributed by atoms with Crippen LogP contribution >= 0.6 is 0 Å². The second-order valence-corrected chi connectivity index (χ2v) is 14.9. The molecule has 13 aromatic rings. The summed E-state index contributed by atoms with van der Waals surface area (Å²) in [6, 6.07) is 64.8. The number of hydrogen-bond donors (Lipinski definition) is 0. The number of nitrogens with zero attached hydrogens (tertiary/aromatic N) is 4. The SMILES string of the molecule is c1ccc(-n2c3ccc4ccccc4c3c3c4ccccc4c4c5ccccc5n(-c5nc(-c6ccc7ccccc7c6)c6c(n5)oc5ccccc56)c4c32)cc1. The number of fused-ring (bicyclic) bond motifs is 16. The maximum absolute atomic E-state index is 6.64. The lowest BCUT2D eigenvalue weighted by atomic mass is 9.96. The first-order valence-corrected chi connectivity index (χ1v) is 19.3. The van der Waals surface area contributed by atoms with Crippen molar-refractivity contribution in [1.82, 2.24) is 19.1 Å². The Bertz CT molecular complexity index is 3810. The standard InChI is InChI=1S/C52H30N4O/c1-2-17-35(18-3-1)55-42-29-28-32-15-6-7-19-36(32)45(42)46-38-21-9-8-20-37(38)44-39-22-10-12-24-41(39)56(49(44)50(46)55)52-53-48(34-27-26-31-14-4-5-16-33(31)30-34)47-40-23-11-13-25-43(40)57-51(47)54-52/h1-30H. The van der Waals surface area contributed by atoms with Crippen LogP contribution in [-0.2, 0) is 0 Å². The van der Waals surface area contributed by atoms with E-state index in [1.165, 1.54) is 43.1 Å². The average Bonchev–Trinajstić information content (AvgIpc) is 3.95. The van der Waals surface area contributed by atoms with Crippen LogP contribution in [0.4, 0.5) is 0 Å². The fourth-order valence-electron chi connectivity index (χ4n) is 9.51. The number of benzene rings is 9. The number of aromatic nitrogens is 4. The minimum absolute atomic E-state index is 0.557. The monoisotopic (exact) mass is 726 g/mol. The van der Waals surface area contributed by atoms with Crippen LogP contribution in [0.5, 0.6) is 0 Å². The Kier molecular flexibility index (Phi) is 6.10. The maximum Gasteiger partial charge on any atom is 0.238 e. The third-order valence-corrected chi connectivity index (χ3v) is 11.9. The molecule has 5 heteroatoms. The molecule has 0 saturated heterocycles. The van der Waals surface area contributed by atoms with E-state index in [2.05, 4.69) is 179 Å². The van der Waals surface area contributed by atoms with E-state index in [0.29, 0.717) is 11.7 Å². The summed E-state index contributed by atoms with van der Waals surface area (Å²) in [4.78, 5) is 11.0. The van der Waals surface area contributed by atoms with Gasteiger partial charge in [0.15, 0.2) is 0 Å². The second-order valence-electron chi connectivity index (χ2n) is 14.9. The molecule has 0 N–H and O–H groups in total. The zero-order chi connectivity index (χ0) is 37.2. The van der Waals surface area contributed by atoms with Crippen LogP contribution < -0.4 is 0 Å². The highest BCUT2D eigenvalue weighted by Crippen LogP contribution is 2.48. The predicted molar refractivity (Wildman–Crippen MR) is 236 cm³/mol. The molecule has 264 valence electrons. The van der Waals surface area contributed by atoms with Crippen molar-refractivity contribution in [2.24, 2.45) is 0 Å². The van der Waals surface area contributed by atoms with Crippen molar-refractivity contribution >= 4 is 98.0 Å². The van der Waals surface area contributed by atoms with Crippen molar-refractivity contribution in [3.8, 4) is 22.9 Å². The predicted octanol–water partition coefficient (Wildman–Crippen LogP) is 13.7. The van der Waals surface area contributed by atoms with E-state index >= 15 is 0 Å². The van der Waals surface area contributed by atoms with Crippen LogP contribution in [0.15, 0.2) is 186 Å². The largest absolute Gasteiger partial charge is 0.437 e. The van der Waals surface area contributed by atoms with Gasteiger partial charge in [-0.1, -0.05) is 146 Å². The van der Waals surface area contributed by atoms with Gasteiger partial charge in [-0.3, -0.25) is 4.57 Å². The fourth-order valence-corrected chi connectivity index (χ4v) is 9.51. The normalized spacial score (nSPS) is 12.2. The molecule has 0 unspecified atom stereocenters. The van der Waals surface area contributed by atoms with Gasteiger partial charge in [-0.2, -0.15) is 4.98 Å². The first-order chi connectivity index (χ1) is 28.3. The van der Waals surface area contributed by atoms with E-state index in [9.17, 15) is 0 Å². The van der Waals surface area contributed by atoms with E-state index in [1.807, 2.05) is 12.1 Å². The minimum atomic E-state index is 0.557. The zero-order valence-electron chi connectivity index (χ0n) is 30.5. The molecule has 5 nitrogen and oxygen atoms in total. The first kappa shape index (κ1) is 30.6. The molecule has 0 fully saturated rings. The van der Waals surface area contributed by atoms with Crippen LogP contribution in [0, 0.1) is 0 Å². The lowest BCUT2D eigenvalue weighted by Crippen LogP contribution is -2.04. The van der Waals surface area contributed by atoms with Gasteiger partial charge in [0.05, 0.1) is 33.1 Å². The number of rotatable bonds is 3. The molecule has 4 aromatic heterocycles. The van der Waals surface area contributed by atoms with Gasteiger partial charge in [-0.15, -0.1) is 0 Å². The topological polar surface area (TPSA) is 48.8 Å². The fraction of sp³-hybridized carbons (Fsp3) is 0. The summed E-state index contributed by atoms with van der Waals surface area (Å²) in [5.74, 6) is 0.558. The highest BCUT2D eigenvalue weighted by Gasteiger charge is 2.27. The van der Waals surface area contributed by atoms with Crippen molar-refractivity contribution in [2.45, 2.75) is 0 Å². The van der Waals surface area contributed by atoms with Gasteiger partial charge >= 0.3 is 0 Å². The van der Waals surface area contributed by atoms with Crippen LogP contribution in [0.1, 0.15) is 0 Å². The summed E-state index contributed by atoms with van der Waals surface area (Å²) in [5, 5.41) is 13.8. The van der Waals surface area contributed by atoms with Crippen LogP contribution in [0.2, 0.25) is 0 Å².